The Hall–Kier alpha value is -3.00. The third-order valence-electron chi connectivity index (χ3n) is 3.86. The molecular formula is C22H20N2. The van der Waals surface area contributed by atoms with Crippen LogP contribution in [0.5, 0.6) is 0 Å². The Morgan fingerprint density at radius 2 is 1.08 bits per heavy atom. The van der Waals surface area contributed by atoms with Gasteiger partial charge in [-0.1, -0.05) is 90.5 Å². The highest BCUT2D eigenvalue weighted by molar-refractivity contribution is 6.13. The van der Waals surface area contributed by atoms with Crippen molar-refractivity contribution in [3.8, 4) is 0 Å². The van der Waals surface area contributed by atoms with E-state index in [0.29, 0.717) is 0 Å². The van der Waals surface area contributed by atoms with Gasteiger partial charge in [0.05, 0.1) is 5.71 Å². The zero-order chi connectivity index (χ0) is 16.8. The predicted octanol–water partition coefficient (Wildman–Crippen LogP) is 5.26. The molecule has 2 heteroatoms. The molecule has 2 nitrogen and oxygen atoms in total. The summed E-state index contributed by atoms with van der Waals surface area (Å²) in [6.07, 6.45) is 0. The van der Waals surface area contributed by atoms with Gasteiger partial charge in [0, 0.05) is 11.1 Å². The SMILES string of the molecule is CC(=NN=C(c1ccccc1)c1ccccc1)c1ccc(C)cc1. The van der Waals surface area contributed by atoms with E-state index in [1.165, 1.54) is 5.56 Å². The zero-order valence-corrected chi connectivity index (χ0v) is 14.0. The van der Waals surface area contributed by atoms with Crippen LogP contribution in [0.1, 0.15) is 29.2 Å². The minimum atomic E-state index is 0.877. The van der Waals surface area contributed by atoms with Crippen molar-refractivity contribution in [2.45, 2.75) is 13.8 Å². The van der Waals surface area contributed by atoms with Gasteiger partial charge in [0.2, 0.25) is 0 Å². The molecule has 0 spiro atoms. The quantitative estimate of drug-likeness (QED) is 0.464. The van der Waals surface area contributed by atoms with Gasteiger partial charge in [-0.3, -0.25) is 0 Å². The van der Waals surface area contributed by atoms with E-state index in [2.05, 4.69) is 65.7 Å². The van der Waals surface area contributed by atoms with Crippen molar-refractivity contribution in [2.75, 3.05) is 0 Å². The fraction of sp³-hybridized carbons (Fsp3) is 0.0909. The van der Waals surface area contributed by atoms with Crippen molar-refractivity contribution >= 4 is 11.4 Å². The van der Waals surface area contributed by atoms with E-state index in [1.54, 1.807) is 0 Å². The molecule has 0 N–H and O–H groups in total. The molecule has 3 aromatic carbocycles. The first-order chi connectivity index (χ1) is 11.7. The molecule has 118 valence electrons. The number of hydrogen-bond acceptors (Lipinski definition) is 2. The van der Waals surface area contributed by atoms with Crippen molar-refractivity contribution in [1.29, 1.82) is 0 Å². The summed E-state index contributed by atoms with van der Waals surface area (Å²) >= 11 is 0. The monoisotopic (exact) mass is 312 g/mol. The lowest BCUT2D eigenvalue weighted by Crippen LogP contribution is -2.03. The molecule has 0 unspecified atom stereocenters. The van der Waals surface area contributed by atoms with E-state index in [0.717, 1.165) is 28.1 Å². The van der Waals surface area contributed by atoms with E-state index in [1.807, 2.05) is 43.3 Å². The molecule has 0 aliphatic carbocycles. The van der Waals surface area contributed by atoms with Crippen LogP contribution in [0.4, 0.5) is 0 Å². The van der Waals surface area contributed by atoms with Crippen molar-refractivity contribution in [2.24, 2.45) is 10.2 Å². The minimum Gasteiger partial charge on any atom is -0.155 e. The van der Waals surface area contributed by atoms with Gasteiger partial charge in [-0.15, -0.1) is 5.10 Å². The van der Waals surface area contributed by atoms with Crippen LogP contribution < -0.4 is 0 Å². The summed E-state index contributed by atoms with van der Waals surface area (Å²) in [4.78, 5) is 0. The molecule has 0 aromatic heterocycles. The summed E-state index contributed by atoms with van der Waals surface area (Å²) in [5.41, 5.74) is 6.23. The van der Waals surface area contributed by atoms with Crippen molar-refractivity contribution in [3.63, 3.8) is 0 Å². The highest BCUT2D eigenvalue weighted by atomic mass is 15.2. The molecule has 3 aromatic rings. The van der Waals surface area contributed by atoms with Crippen molar-refractivity contribution in [1.82, 2.24) is 0 Å². The highest BCUT2D eigenvalue weighted by Crippen LogP contribution is 2.12. The van der Waals surface area contributed by atoms with Crippen LogP contribution in [0.15, 0.2) is 95.1 Å². The Morgan fingerprint density at radius 1 is 0.583 bits per heavy atom. The normalized spacial score (nSPS) is 11.2. The maximum absolute atomic E-state index is 4.57. The lowest BCUT2D eigenvalue weighted by atomic mass is 10.0. The third-order valence-corrected chi connectivity index (χ3v) is 3.86. The largest absolute Gasteiger partial charge is 0.155 e. The standard InChI is InChI=1S/C22H20N2/c1-17-13-15-19(16-14-17)18(2)23-24-22(20-9-5-3-6-10-20)21-11-7-4-8-12-21/h3-16H,1-2H3. The molecule has 0 aliphatic rings. The molecule has 0 saturated carbocycles. The lowest BCUT2D eigenvalue weighted by Gasteiger charge is -2.06. The first kappa shape index (κ1) is 15.9. The Bertz CT molecular complexity index is 804. The van der Waals surface area contributed by atoms with Crippen LogP contribution >= 0.6 is 0 Å². The number of hydrogen-bond donors (Lipinski definition) is 0. The number of rotatable bonds is 4. The van der Waals surface area contributed by atoms with Crippen LogP contribution in [0.25, 0.3) is 0 Å². The predicted molar refractivity (Wildman–Crippen MR) is 102 cm³/mol. The Morgan fingerprint density at radius 3 is 1.58 bits per heavy atom. The molecule has 0 atom stereocenters. The third kappa shape index (κ3) is 3.85. The molecule has 0 bridgehead atoms. The maximum Gasteiger partial charge on any atom is 0.100 e. The highest BCUT2D eigenvalue weighted by Gasteiger charge is 2.06. The molecule has 0 amide bonds. The van der Waals surface area contributed by atoms with E-state index >= 15 is 0 Å². The fourth-order valence-electron chi connectivity index (χ4n) is 2.45. The topological polar surface area (TPSA) is 24.7 Å². The average molecular weight is 312 g/mol. The Labute approximate surface area is 143 Å². The second kappa shape index (κ2) is 7.51. The second-order valence-corrected chi connectivity index (χ2v) is 5.73. The van der Waals surface area contributed by atoms with Crippen LogP contribution in [0, 0.1) is 6.92 Å². The van der Waals surface area contributed by atoms with E-state index < -0.39 is 0 Å². The summed E-state index contributed by atoms with van der Waals surface area (Å²) in [5.74, 6) is 0. The van der Waals surface area contributed by atoms with Crippen molar-refractivity contribution in [3.05, 3.63) is 107 Å². The zero-order valence-electron chi connectivity index (χ0n) is 14.0. The molecular weight excluding hydrogens is 292 g/mol. The summed E-state index contributed by atoms with van der Waals surface area (Å²) in [6, 6.07) is 28.7. The number of nitrogens with zero attached hydrogens (tertiary/aromatic N) is 2. The maximum atomic E-state index is 4.57. The molecule has 0 heterocycles. The number of benzene rings is 3. The van der Waals surface area contributed by atoms with Crippen LogP contribution in [-0.2, 0) is 0 Å². The Balaban J connectivity index is 2.01. The number of aryl methyl sites for hydroxylation is 1. The van der Waals surface area contributed by atoms with Gasteiger partial charge in [0.1, 0.15) is 5.71 Å². The smallest absolute Gasteiger partial charge is 0.100 e. The molecule has 3 rings (SSSR count). The van der Waals surface area contributed by atoms with Crippen molar-refractivity contribution < 1.29 is 0 Å². The van der Waals surface area contributed by atoms with E-state index in [-0.39, 0.29) is 0 Å². The van der Waals surface area contributed by atoms with Gasteiger partial charge in [0.15, 0.2) is 0 Å². The minimum absolute atomic E-state index is 0.877. The summed E-state index contributed by atoms with van der Waals surface area (Å²) in [6.45, 7) is 4.07. The molecule has 0 saturated heterocycles. The van der Waals surface area contributed by atoms with Crippen LogP contribution in [-0.4, -0.2) is 11.4 Å². The van der Waals surface area contributed by atoms with Gasteiger partial charge in [-0.05, 0) is 19.4 Å². The van der Waals surface area contributed by atoms with E-state index in [9.17, 15) is 0 Å². The van der Waals surface area contributed by atoms with Crippen LogP contribution in [0.2, 0.25) is 0 Å². The first-order valence-corrected chi connectivity index (χ1v) is 8.04. The van der Waals surface area contributed by atoms with E-state index in [4.69, 9.17) is 0 Å². The Kier molecular flexibility index (Phi) is 4.97. The van der Waals surface area contributed by atoms with Gasteiger partial charge in [-0.2, -0.15) is 5.10 Å². The van der Waals surface area contributed by atoms with Gasteiger partial charge >= 0.3 is 0 Å². The van der Waals surface area contributed by atoms with Gasteiger partial charge in [-0.25, -0.2) is 0 Å². The molecule has 0 aliphatic heterocycles. The summed E-state index contributed by atoms with van der Waals surface area (Å²) in [5, 5.41) is 9.05. The average Bonchev–Trinajstić information content (AvgIpc) is 2.64. The van der Waals surface area contributed by atoms with Gasteiger partial charge in [0.25, 0.3) is 0 Å². The van der Waals surface area contributed by atoms with Crippen LogP contribution in [0.3, 0.4) is 0 Å². The fourth-order valence-corrected chi connectivity index (χ4v) is 2.45. The lowest BCUT2D eigenvalue weighted by molar-refractivity contribution is 1.22. The first-order valence-electron chi connectivity index (χ1n) is 8.04. The summed E-state index contributed by atoms with van der Waals surface area (Å²) < 4.78 is 0. The molecule has 0 radical (unpaired) electrons. The molecule has 0 fully saturated rings. The summed E-state index contributed by atoms with van der Waals surface area (Å²) in [7, 11) is 0. The molecule has 24 heavy (non-hydrogen) atoms. The second-order valence-electron chi connectivity index (χ2n) is 5.73. The van der Waals surface area contributed by atoms with Gasteiger partial charge < -0.3 is 0 Å².